The number of rotatable bonds is 10. The molecule has 0 saturated heterocycles. The quantitative estimate of drug-likeness (QED) is 0.164. The second-order valence-electron chi connectivity index (χ2n) is 10.8. The van der Waals surface area contributed by atoms with Gasteiger partial charge in [-0.25, -0.2) is 8.78 Å². The highest BCUT2D eigenvalue weighted by Crippen LogP contribution is 2.32. The van der Waals surface area contributed by atoms with Crippen LogP contribution in [0.1, 0.15) is 72.0 Å². The Hall–Kier alpha value is -5.23. The minimum Gasteiger partial charge on any atom is -0.389 e. The zero-order valence-corrected chi connectivity index (χ0v) is 25.9. The largest absolute Gasteiger partial charge is 0.389 e. The number of carbonyl (C=O) groups is 1. The molecule has 0 bridgehead atoms. The molecule has 0 saturated carbocycles. The van der Waals surface area contributed by atoms with Crippen LogP contribution in [0.5, 0.6) is 0 Å². The molecule has 0 spiro atoms. The average molecular weight is 629 g/mol. The van der Waals surface area contributed by atoms with E-state index in [2.05, 4.69) is 20.5 Å². The molecular weight excluding hydrogens is 594 g/mol. The van der Waals surface area contributed by atoms with Gasteiger partial charge in [0.15, 0.2) is 5.78 Å². The SMILES string of the molecule is CCn1cc(Cc2conc2-c2ccc(F)cc2C(C)=O)cn1.CCn1cc(Cc2conc2-c2ccc(F)cc2C(C)O)cn1. The molecule has 238 valence electrons. The van der Waals surface area contributed by atoms with E-state index >= 15 is 0 Å². The van der Waals surface area contributed by atoms with Gasteiger partial charge in [-0.05, 0) is 80.8 Å². The number of carbonyl (C=O) groups excluding carboxylic acids is 1. The van der Waals surface area contributed by atoms with E-state index in [0.717, 1.165) is 35.3 Å². The molecule has 1 N–H and O–H groups in total. The number of ketones is 1. The molecule has 10 nitrogen and oxygen atoms in total. The third-order valence-corrected chi connectivity index (χ3v) is 7.43. The molecule has 4 aromatic heterocycles. The highest BCUT2D eigenvalue weighted by atomic mass is 19.1. The van der Waals surface area contributed by atoms with Crippen molar-refractivity contribution in [2.24, 2.45) is 0 Å². The summed E-state index contributed by atoms with van der Waals surface area (Å²) >= 11 is 0. The first-order valence-corrected chi connectivity index (χ1v) is 14.8. The van der Waals surface area contributed by atoms with Gasteiger partial charge in [0.25, 0.3) is 0 Å². The van der Waals surface area contributed by atoms with Gasteiger partial charge in [0.1, 0.15) is 35.5 Å². The lowest BCUT2D eigenvalue weighted by Gasteiger charge is -2.11. The van der Waals surface area contributed by atoms with Gasteiger partial charge in [0.2, 0.25) is 0 Å². The van der Waals surface area contributed by atoms with E-state index < -0.39 is 11.9 Å². The summed E-state index contributed by atoms with van der Waals surface area (Å²) in [5, 5.41) is 26.4. The van der Waals surface area contributed by atoms with Gasteiger partial charge in [-0.3, -0.25) is 14.2 Å². The maximum atomic E-state index is 13.5. The van der Waals surface area contributed by atoms with E-state index in [1.165, 1.54) is 31.2 Å². The first-order chi connectivity index (χ1) is 22.2. The number of aromatic nitrogens is 6. The molecule has 0 aliphatic heterocycles. The summed E-state index contributed by atoms with van der Waals surface area (Å²) in [6, 6.07) is 8.40. The number of benzene rings is 2. The van der Waals surface area contributed by atoms with Crippen LogP contribution in [0.25, 0.3) is 22.5 Å². The molecule has 1 atom stereocenters. The molecule has 0 amide bonds. The highest BCUT2D eigenvalue weighted by molar-refractivity contribution is 6.00. The van der Waals surface area contributed by atoms with Crippen LogP contribution in [0.3, 0.4) is 0 Å². The Morgan fingerprint density at radius 1 is 0.826 bits per heavy atom. The minimum atomic E-state index is -0.798. The molecular formula is C34H34F2N6O4. The van der Waals surface area contributed by atoms with Crippen molar-refractivity contribution in [1.82, 2.24) is 29.9 Å². The van der Waals surface area contributed by atoms with Gasteiger partial charge in [-0.2, -0.15) is 10.2 Å². The Morgan fingerprint density at radius 3 is 1.80 bits per heavy atom. The van der Waals surface area contributed by atoms with Crippen LogP contribution in [-0.2, 0) is 25.9 Å². The Morgan fingerprint density at radius 2 is 1.33 bits per heavy atom. The molecule has 0 radical (unpaired) electrons. The summed E-state index contributed by atoms with van der Waals surface area (Å²) in [6.07, 6.45) is 11.0. The van der Waals surface area contributed by atoms with E-state index in [0.29, 0.717) is 46.5 Å². The van der Waals surface area contributed by atoms with E-state index in [-0.39, 0.29) is 11.6 Å². The van der Waals surface area contributed by atoms with Gasteiger partial charge < -0.3 is 14.2 Å². The summed E-state index contributed by atoms with van der Waals surface area (Å²) in [6.45, 7) is 8.64. The smallest absolute Gasteiger partial charge is 0.160 e. The van der Waals surface area contributed by atoms with Gasteiger partial charge >= 0.3 is 0 Å². The van der Waals surface area contributed by atoms with Crippen LogP contribution >= 0.6 is 0 Å². The zero-order chi connectivity index (χ0) is 32.8. The molecule has 6 rings (SSSR count). The van der Waals surface area contributed by atoms with Crippen LogP contribution in [-0.4, -0.2) is 40.8 Å². The monoisotopic (exact) mass is 628 g/mol. The lowest BCUT2D eigenvalue weighted by Crippen LogP contribution is -1.99. The van der Waals surface area contributed by atoms with Gasteiger partial charge in [-0.15, -0.1) is 0 Å². The van der Waals surface area contributed by atoms with Crippen molar-refractivity contribution >= 4 is 5.78 Å². The van der Waals surface area contributed by atoms with Crippen LogP contribution in [0.2, 0.25) is 0 Å². The number of hydrogen-bond donors (Lipinski definition) is 1. The Bertz CT molecular complexity index is 1940. The fraction of sp³-hybridized carbons (Fsp3) is 0.265. The van der Waals surface area contributed by atoms with E-state index in [1.807, 2.05) is 35.6 Å². The number of Topliss-reactive ketones (excluding diaryl/α,β-unsaturated/α-hetero) is 1. The summed E-state index contributed by atoms with van der Waals surface area (Å²) in [5.74, 6) is -1.06. The summed E-state index contributed by atoms with van der Waals surface area (Å²) in [4.78, 5) is 11.8. The number of halogens is 2. The molecule has 0 aliphatic rings. The topological polar surface area (TPSA) is 125 Å². The highest BCUT2D eigenvalue weighted by Gasteiger charge is 2.19. The summed E-state index contributed by atoms with van der Waals surface area (Å²) < 4.78 is 40.8. The second-order valence-corrected chi connectivity index (χ2v) is 10.8. The van der Waals surface area contributed by atoms with Crippen molar-refractivity contribution in [2.75, 3.05) is 0 Å². The Balaban J connectivity index is 0.000000181. The number of aliphatic hydroxyl groups is 1. The van der Waals surface area contributed by atoms with Crippen LogP contribution < -0.4 is 0 Å². The van der Waals surface area contributed by atoms with Crippen molar-refractivity contribution in [1.29, 1.82) is 0 Å². The molecule has 1 unspecified atom stereocenters. The van der Waals surface area contributed by atoms with Crippen molar-refractivity contribution in [3.05, 3.63) is 119 Å². The van der Waals surface area contributed by atoms with Gasteiger partial charge in [0, 0.05) is 66.1 Å². The van der Waals surface area contributed by atoms with Crippen LogP contribution in [0.4, 0.5) is 8.78 Å². The van der Waals surface area contributed by atoms with Crippen LogP contribution in [0.15, 0.2) is 82.8 Å². The molecule has 12 heteroatoms. The van der Waals surface area contributed by atoms with E-state index in [9.17, 15) is 18.7 Å². The molecule has 2 aromatic carbocycles. The lowest BCUT2D eigenvalue weighted by atomic mass is 9.96. The molecule has 0 fully saturated rings. The number of nitrogens with zero attached hydrogens (tertiary/aromatic N) is 6. The molecule has 6 aromatic rings. The van der Waals surface area contributed by atoms with Crippen molar-refractivity contribution < 1.29 is 27.7 Å². The van der Waals surface area contributed by atoms with Gasteiger partial charge in [0.05, 0.1) is 18.5 Å². The van der Waals surface area contributed by atoms with Gasteiger partial charge in [-0.1, -0.05) is 10.3 Å². The van der Waals surface area contributed by atoms with Crippen molar-refractivity contribution in [3.63, 3.8) is 0 Å². The second kappa shape index (κ2) is 14.2. The minimum absolute atomic E-state index is 0.216. The number of aliphatic hydroxyl groups excluding tert-OH is 1. The Labute approximate surface area is 264 Å². The predicted molar refractivity (Wildman–Crippen MR) is 166 cm³/mol. The average Bonchev–Trinajstić information content (AvgIpc) is 3.86. The first kappa shape index (κ1) is 32.2. The Kier molecular flexibility index (Phi) is 9.97. The third-order valence-electron chi connectivity index (χ3n) is 7.43. The third kappa shape index (κ3) is 7.35. The predicted octanol–water partition coefficient (Wildman–Crippen LogP) is 6.83. The molecule has 0 aliphatic carbocycles. The first-order valence-electron chi connectivity index (χ1n) is 14.8. The number of hydrogen-bond acceptors (Lipinski definition) is 8. The maximum absolute atomic E-state index is 13.5. The maximum Gasteiger partial charge on any atom is 0.160 e. The summed E-state index contributed by atoms with van der Waals surface area (Å²) in [5.41, 5.74) is 6.96. The van der Waals surface area contributed by atoms with Crippen molar-refractivity contribution in [3.8, 4) is 22.5 Å². The van der Waals surface area contributed by atoms with Crippen LogP contribution in [0, 0.1) is 11.6 Å². The fourth-order valence-electron chi connectivity index (χ4n) is 5.10. The summed E-state index contributed by atoms with van der Waals surface area (Å²) in [7, 11) is 0. The fourth-order valence-corrected chi connectivity index (χ4v) is 5.10. The standard InChI is InChI=1S/C17H18FN3O2.C17H16FN3O2/c2*1-3-21-9-12(8-19-21)6-13-10-23-20-17(13)15-5-4-14(18)7-16(15)11(2)22/h4-5,7-11,22H,3,6H2,1-2H3;4-5,7-10H,3,6H2,1-2H3. The normalized spacial score (nSPS) is 11.7. The zero-order valence-electron chi connectivity index (χ0n) is 25.9. The molecule has 46 heavy (non-hydrogen) atoms. The molecule has 4 heterocycles. The lowest BCUT2D eigenvalue weighted by molar-refractivity contribution is 0.101. The van der Waals surface area contributed by atoms with E-state index in [1.54, 1.807) is 44.0 Å². The van der Waals surface area contributed by atoms with E-state index in [4.69, 9.17) is 9.05 Å². The van der Waals surface area contributed by atoms with Crippen molar-refractivity contribution in [2.45, 2.75) is 59.7 Å². The number of aryl methyl sites for hydroxylation is 2.